The zero-order chi connectivity index (χ0) is 10.1. The molecular weight excluding hydrogens is 185 g/mol. The number of rotatable bonds is 2. The largest absolute Gasteiger partial charge is 1.00 e. The quantitative estimate of drug-likeness (QED) is 0.468. The van der Waals surface area contributed by atoms with E-state index in [-0.39, 0.29) is 24.9 Å². The smallest absolute Gasteiger partial charge is 0.845 e. The third-order valence-electron chi connectivity index (χ3n) is 2.56. The molecule has 4 heteroatoms. The van der Waals surface area contributed by atoms with Gasteiger partial charge in [-0.15, -0.1) is 0 Å². The topological polar surface area (TPSA) is 44.6 Å². The number of nitrogens with zero attached hydrogens (tertiary/aromatic N) is 1. The summed E-state index contributed by atoms with van der Waals surface area (Å²) in [4.78, 5) is 4.41. The number of hydrogen-bond acceptors (Lipinski definition) is 3. The first kappa shape index (κ1) is 12.6. The van der Waals surface area contributed by atoms with Crippen molar-refractivity contribution in [3.05, 3.63) is 23.8 Å². The number of hydrogen-bond donors (Lipinski definition) is 0. The van der Waals surface area contributed by atoms with Gasteiger partial charge in [0.25, 0.3) is 0 Å². The van der Waals surface area contributed by atoms with Crippen LogP contribution in [-0.4, -0.2) is 24.7 Å². The fourth-order valence-corrected chi connectivity index (χ4v) is 1.54. The van der Waals surface area contributed by atoms with Crippen LogP contribution in [0.25, 0.3) is 0 Å². The molecule has 0 saturated heterocycles. The molecule has 0 N–H and O–H groups in total. The van der Waals surface area contributed by atoms with Crippen molar-refractivity contribution in [2.75, 3.05) is 6.61 Å². The average molecular weight is 199 g/mol. The van der Waals surface area contributed by atoms with E-state index in [0.29, 0.717) is 24.0 Å². The third kappa shape index (κ3) is 2.55. The molecule has 1 heterocycles. The summed E-state index contributed by atoms with van der Waals surface area (Å²) in [5, 5.41) is 11.4. The fraction of sp³-hybridized carbons (Fsp3) is 0.545. The minimum atomic E-state index is -0.792. The summed E-state index contributed by atoms with van der Waals surface area (Å²) in [7, 11) is 0. The minimum Gasteiger partial charge on any atom is -0.845 e. The van der Waals surface area contributed by atoms with Crippen molar-refractivity contribution in [3.8, 4) is 0 Å². The summed E-state index contributed by atoms with van der Waals surface area (Å²) < 4.78 is 5.42. The van der Waals surface area contributed by atoms with Crippen LogP contribution in [0.3, 0.4) is 0 Å². The molecule has 2 rings (SSSR count). The molecular formula is C11H14LiNO2. The molecule has 2 aliphatic rings. The first-order valence-electron chi connectivity index (χ1n) is 4.93. The Morgan fingerprint density at radius 2 is 2.27 bits per heavy atom. The molecule has 0 aromatic heterocycles. The van der Waals surface area contributed by atoms with Crippen LogP contribution in [0.15, 0.2) is 28.8 Å². The molecule has 0 fully saturated rings. The van der Waals surface area contributed by atoms with E-state index in [4.69, 9.17) is 4.74 Å². The van der Waals surface area contributed by atoms with Crippen molar-refractivity contribution >= 4 is 5.90 Å². The predicted molar refractivity (Wildman–Crippen MR) is 53.0 cm³/mol. The molecule has 15 heavy (non-hydrogen) atoms. The van der Waals surface area contributed by atoms with Gasteiger partial charge in [-0.3, -0.25) is 0 Å². The zero-order valence-corrected chi connectivity index (χ0v) is 9.43. The van der Waals surface area contributed by atoms with Crippen LogP contribution in [0.4, 0.5) is 0 Å². The maximum absolute atomic E-state index is 11.4. The SMILES string of the molecule is CC(C)[C@H]1COC(C2=CC=CC2[O-])=N1.[Li+]. The standard InChI is InChI=1S/C11H14NO2.Li/c1-7(2)9-6-14-11(12-9)8-4-3-5-10(8)13;/h3-5,7,9-10H,6H2,1-2H3;/q-1;+1/t9-,10?;/m1./s1. The van der Waals surface area contributed by atoms with Crippen molar-refractivity contribution in [3.63, 3.8) is 0 Å². The van der Waals surface area contributed by atoms with Gasteiger partial charge in [-0.05, 0) is 5.92 Å². The number of aliphatic imine (C=N–C) groups is 1. The molecule has 1 aliphatic carbocycles. The number of ether oxygens (including phenoxy) is 1. The Balaban J connectivity index is 0.00000112. The van der Waals surface area contributed by atoms with Gasteiger partial charge in [-0.2, -0.15) is 0 Å². The van der Waals surface area contributed by atoms with Gasteiger partial charge in [0.1, 0.15) is 6.61 Å². The Kier molecular flexibility index (Phi) is 4.21. The fourth-order valence-electron chi connectivity index (χ4n) is 1.54. The van der Waals surface area contributed by atoms with E-state index in [9.17, 15) is 5.11 Å². The molecule has 1 unspecified atom stereocenters. The molecule has 0 spiro atoms. The van der Waals surface area contributed by atoms with Crippen LogP contribution in [0, 0.1) is 5.92 Å². The molecule has 2 atom stereocenters. The first-order valence-corrected chi connectivity index (χ1v) is 4.93. The maximum Gasteiger partial charge on any atom is 1.00 e. The first-order chi connectivity index (χ1) is 6.68. The molecule has 0 aromatic rings. The van der Waals surface area contributed by atoms with Crippen LogP contribution in [0.1, 0.15) is 13.8 Å². The van der Waals surface area contributed by atoms with Crippen LogP contribution >= 0.6 is 0 Å². The summed E-state index contributed by atoms with van der Waals surface area (Å²) in [6, 6.07) is 0.207. The molecule has 76 valence electrons. The van der Waals surface area contributed by atoms with Crippen LogP contribution in [-0.2, 0) is 4.74 Å². The van der Waals surface area contributed by atoms with Gasteiger partial charge in [0.15, 0.2) is 0 Å². The molecule has 0 aromatic carbocycles. The van der Waals surface area contributed by atoms with Gasteiger partial charge < -0.3 is 9.84 Å². The second-order valence-corrected chi connectivity index (χ2v) is 3.98. The summed E-state index contributed by atoms with van der Waals surface area (Å²) >= 11 is 0. The normalized spacial score (nSPS) is 28.5. The van der Waals surface area contributed by atoms with Crippen molar-refractivity contribution < 1.29 is 28.7 Å². The van der Waals surface area contributed by atoms with Gasteiger partial charge in [0.2, 0.25) is 5.90 Å². The maximum atomic E-state index is 11.4. The molecule has 1 aliphatic heterocycles. The second-order valence-electron chi connectivity index (χ2n) is 3.98. The van der Waals surface area contributed by atoms with Crippen LogP contribution < -0.4 is 24.0 Å². The van der Waals surface area contributed by atoms with E-state index in [1.165, 1.54) is 0 Å². The van der Waals surface area contributed by atoms with E-state index in [0.717, 1.165) is 0 Å². The Morgan fingerprint density at radius 1 is 1.53 bits per heavy atom. The van der Waals surface area contributed by atoms with Gasteiger partial charge in [0.05, 0.1) is 6.04 Å². The summed E-state index contributed by atoms with van der Waals surface area (Å²) in [6.07, 6.45) is 4.38. The van der Waals surface area contributed by atoms with E-state index in [2.05, 4.69) is 18.8 Å². The zero-order valence-electron chi connectivity index (χ0n) is 9.43. The summed E-state index contributed by atoms with van der Waals surface area (Å²) in [5.74, 6) is 1.02. The Bertz CT molecular complexity index is 321. The monoisotopic (exact) mass is 199 g/mol. The van der Waals surface area contributed by atoms with Gasteiger partial charge in [-0.25, -0.2) is 4.99 Å². The summed E-state index contributed by atoms with van der Waals surface area (Å²) in [5.41, 5.74) is 0.674. The molecule has 0 radical (unpaired) electrons. The number of allylic oxidation sites excluding steroid dienone is 2. The van der Waals surface area contributed by atoms with Crippen molar-refractivity contribution in [1.29, 1.82) is 0 Å². The Morgan fingerprint density at radius 3 is 2.73 bits per heavy atom. The Labute approximate surface area is 102 Å². The predicted octanol–water partition coefficient (Wildman–Crippen LogP) is -2.33. The second kappa shape index (κ2) is 5.02. The van der Waals surface area contributed by atoms with Crippen molar-refractivity contribution in [2.45, 2.75) is 26.0 Å². The van der Waals surface area contributed by atoms with Crippen LogP contribution in [0.2, 0.25) is 0 Å². The average Bonchev–Trinajstić information content (AvgIpc) is 2.71. The molecule has 0 saturated carbocycles. The van der Waals surface area contributed by atoms with Gasteiger partial charge in [0, 0.05) is 5.57 Å². The van der Waals surface area contributed by atoms with Gasteiger partial charge in [-0.1, -0.05) is 38.2 Å². The minimum absolute atomic E-state index is 0. The van der Waals surface area contributed by atoms with Crippen molar-refractivity contribution in [1.82, 2.24) is 0 Å². The molecule has 3 nitrogen and oxygen atoms in total. The van der Waals surface area contributed by atoms with E-state index in [1.807, 2.05) is 0 Å². The van der Waals surface area contributed by atoms with E-state index < -0.39 is 6.10 Å². The Hall–Kier alpha value is -0.493. The molecule has 0 bridgehead atoms. The van der Waals surface area contributed by atoms with Crippen molar-refractivity contribution in [2.24, 2.45) is 10.9 Å². The van der Waals surface area contributed by atoms with Crippen LogP contribution in [0.5, 0.6) is 0 Å². The van der Waals surface area contributed by atoms with E-state index >= 15 is 0 Å². The van der Waals surface area contributed by atoms with Gasteiger partial charge >= 0.3 is 18.9 Å². The van der Waals surface area contributed by atoms with E-state index in [1.54, 1.807) is 18.2 Å². The third-order valence-corrected chi connectivity index (χ3v) is 2.56. The summed E-state index contributed by atoms with van der Waals surface area (Å²) in [6.45, 7) is 4.82. The molecule has 0 amide bonds.